The highest BCUT2D eigenvalue weighted by Gasteiger charge is 2.63. The van der Waals surface area contributed by atoms with Gasteiger partial charge in [0, 0.05) is 6.42 Å². The standard InChI is InChI=1S/C28H47NO6S/c1-17(4-9-25(32)29-28(12-13-28)16-36(33,34)35)21-7-8-22-20-6-5-18-14-19(30)10-11-26(18,2)23(20)15-24(31)27(21,22)3/h17-24,30-31H,4-16H2,1-3H3,(H,29,32)(H,33,34,35)/p-1/t17-,18-,19-,20+,21-,22+,23+,24+,26+,27-/m1/s1. The molecule has 5 fully saturated rings. The minimum absolute atomic E-state index is 0.136. The average Bonchev–Trinajstić information content (AvgIpc) is 3.41. The Morgan fingerprint density at radius 3 is 2.42 bits per heavy atom. The van der Waals surface area contributed by atoms with Crippen molar-refractivity contribution >= 4 is 16.0 Å². The van der Waals surface area contributed by atoms with Gasteiger partial charge in [-0.2, -0.15) is 0 Å². The van der Waals surface area contributed by atoms with Crippen molar-refractivity contribution in [3.8, 4) is 0 Å². The van der Waals surface area contributed by atoms with Crippen molar-refractivity contribution in [2.75, 3.05) is 5.75 Å². The molecule has 7 nitrogen and oxygen atoms in total. The topological polar surface area (TPSA) is 127 Å². The van der Waals surface area contributed by atoms with Crippen LogP contribution < -0.4 is 5.32 Å². The molecule has 0 heterocycles. The first-order chi connectivity index (χ1) is 16.8. The predicted octanol–water partition coefficient (Wildman–Crippen LogP) is 3.59. The third-order valence-corrected chi connectivity index (χ3v) is 12.9. The summed E-state index contributed by atoms with van der Waals surface area (Å²) in [7, 11) is -4.37. The Labute approximate surface area is 216 Å². The Hall–Kier alpha value is -0.700. The van der Waals surface area contributed by atoms with Crippen molar-refractivity contribution in [2.45, 2.75) is 116 Å². The van der Waals surface area contributed by atoms with E-state index in [1.165, 1.54) is 12.8 Å². The fourth-order valence-corrected chi connectivity index (χ4v) is 10.9. The van der Waals surface area contributed by atoms with E-state index in [9.17, 15) is 28.0 Å². The first-order valence-corrected chi connectivity index (χ1v) is 16.0. The number of carbonyl (C=O) groups excluding carboxylic acids is 1. The smallest absolute Gasteiger partial charge is 0.220 e. The predicted molar refractivity (Wildman–Crippen MR) is 136 cm³/mol. The van der Waals surface area contributed by atoms with Crippen LogP contribution in [-0.4, -0.2) is 52.6 Å². The van der Waals surface area contributed by atoms with E-state index < -0.39 is 21.4 Å². The average molecular weight is 525 g/mol. The fraction of sp³-hybridized carbons (Fsp3) is 0.964. The Balaban J connectivity index is 1.23. The summed E-state index contributed by atoms with van der Waals surface area (Å²) in [6.45, 7) is 6.96. The summed E-state index contributed by atoms with van der Waals surface area (Å²) < 4.78 is 33.5. The van der Waals surface area contributed by atoms with Gasteiger partial charge in [-0.05, 0) is 117 Å². The van der Waals surface area contributed by atoms with Crippen LogP contribution in [0.3, 0.4) is 0 Å². The Kier molecular flexibility index (Phi) is 6.87. The van der Waals surface area contributed by atoms with Crippen LogP contribution in [0.2, 0.25) is 0 Å². The number of amides is 1. The molecule has 0 unspecified atom stereocenters. The quantitative estimate of drug-likeness (QED) is 0.437. The SMILES string of the molecule is C[C@H](CCC(=O)NC1(CS(=O)(=O)[O-])CC1)[C@H]1CC[C@H]2[C@@H]3CC[C@@H]4C[C@H](O)CC[C@]4(C)[C@H]3C[C@H](O)[C@]12C. The lowest BCUT2D eigenvalue weighted by molar-refractivity contribution is -0.175. The normalized spacial score (nSPS) is 46.2. The van der Waals surface area contributed by atoms with Crippen molar-refractivity contribution in [2.24, 2.45) is 46.3 Å². The lowest BCUT2D eigenvalue weighted by atomic mass is 9.43. The molecule has 206 valence electrons. The molecule has 5 aliphatic carbocycles. The second kappa shape index (κ2) is 9.20. The van der Waals surface area contributed by atoms with Crippen molar-refractivity contribution in [3.05, 3.63) is 0 Å². The van der Waals surface area contributed by atoms with Crippen molar-refractivity contribution in [1.29, 1.82) is 0 Å². The molecule has 5 rings (SSSR count). The van der Waals surface area contributed by atoms with Gasteiger partial charge in [0.1, 0.15) is 0 Å². The lowest BCUT2D eigenvalue weighted by Crippen LogP contribution is -2.58. The largest absolute Gasteiger partial charge is 0.748 e. The van der Waals surface area contributed by atoms with E-state index in [2.05, 4.69) is 26.1 Å². The molecule has 0 bridgehead atoms. The van der Waals surface area contributed by atoms with E-state index >= 15 is 0 Å². The van der Waals surface area contributed by atoms with E-state index in [1.54, 1.807) is 0 Å². The highest BCUT2D eigenvalue weighted by molar-refractivity contribution is 7.85. The van der Waals surface area contributed by atoms with Gasteiger partial charge >= 0.3 is 0 Å². The maximum Gasteiger partial charge on any atom is 0.220 e. The molecule has 8 heteroatoms. The monoisotopic (exact) mass is 524 g/mol. The summed E-state index contributed by atoms with van der Waals surface area (Å²) in [5.74, 6) is 2.21. The zero-order chi connectivity index (χ0) is 26.1. The number of aliphatic hydroxyl groups excluding tert-OH is 2. The molecule has 0 aliphatic heterocycles. The van der Waals surface area contributed by atoms with E-state index in [4.69, 9.17) is 0 Å². The molecule has 5 saturated carbocycles. The first kappa shape index (κ1) is 26.9. The van der Waals surface area contributed by atoms with Crippen LogP contribution in [0.15, 0.2) is 0 Å². The van der Waals surface area contributed by atoms with Crippen molar-refractivity contribution in [1.82, 2.24) is 5.32 Å². The molecular formula is C28H46NO6S-. The van der Waals surface area contributed by atoms with Crippen LogP contribution in [0.25, 0.3) is 0 Å². The van der Waals surface area contributed by atoms with Crippen LogP contribution >= 0.6 is 0 Å². The number of carbonyl (C=O) groups is 1. The van der Waals surface area contributed by atoms with E-state index in [1.807, 2.05) is 0 Å². The Bertz CT molecular complexity index is 965. The molecular weight excluding hydrogens is 478 g/mol. The molecule has 1 amide bonds. The lowest BCUT2D eigenvalue weighted by Gasteiger charge is -2.62. The third-order valence-electron chi connectivity index (χ3n) is 12.0. The second-order valence-electron chi connectivity index (χ2n) is 13.9. The number of aliphatic hydroxyl groups is 2. The highest BCUT2D eigenvalue weighted by Crippen LogP contribution is 2.68. The van der Waals surface area contributed by atoms with E-state index in [-0.39, 0.29) is 34.9 Å². The summed E-state index contributed by atoms with van der Waals surface area (Å²) in [4.78, 5) is 12.6. The van der Waals surface area contributed by atoms with Gasteiger partial charge in [-0.25, -0.2) is 8.42 Å². The zero-order valence-corrected chi connectivity index (χ0v) is 23.1. The first-order valence-electron chi connectivity index (χ1n) is 14.4. The van der Waals surface area contributed by atoms with Gasteiger partial charge in [-0.1, -0.05) is 20.8 Å². The summed E-state index contributed by atoms with van der Waals surface area (Å²) in [5, 5.41) is 24.8. The summed E-state index contributed by atoms with van der Waals surface area (Å²) in [6, 6.07) is 0. The molecule has 10 atom stereocenters. The van der Waals surface area contributed by atoms with Crippen LogP contribution in [0.1, 0.15) is 97.8 Å². The zero-order valence-electron chi connectivity index (χ0n) is 22.2. The molecule has 0 aromatic heterocycles. The molecule has 36 heavy (non-hydrogen) atoms. The van der Waals surface area contributed by atoms with Gasteiger partial charge in [-0.3, -0.25) is 4.79 Å². The number of rotatable bonds is 7. The van der Waals surface area contributed by atoms with Gasteiger partial charge in [-0.15, -0.1) is 0 Å². The number of hydrogen-bond donors (Lipinski definition) is 3. The number of hydrogen-bond acceptors (Lipinski definition) is 6. The number of fused-ring (bicyclic) bond motifs is 5. The van der Waals surface area contributed by atoms with Gasteiger partial charge in [0.15, 0.2) is 0 Å². The minimum atomic E-state index is -4.37. The van der Waals surface area contributed by atoms with Crippen LogP contribution in [0.4, 0.5) is 0 Å². The third kappa shape index (κ3) is 4.66. The van der Waals surface area contributed by atoms with E-state index in [0.717, 1.165) is 38.5 Å². The van der Waals surface area contributed by atoms with Gasteiger partial charge in [0.2, 0.25) is 5.91 Å². The Morgan fingerprint density at radius 2 is 1.75 bits per heavy atom. The van der Waals surface area contributed by atoms with Gasteiger partial charge in [0.25, 0.3) is 0 Å². The second-order valence-corrected chi connectivity index (χ2v) is 15.3. The van der Waals surface area contributed by atoms with Crippen molar-refractivity contribution in [3.63, 3.8) is 0 Å². The van der Waals surface area contributed by atoms with Gasteiger partial charge < -0.3 is 20.1 Å². The van der Waals surface area contributed by atoms with Crippen LogP contribution in [0.5, 0.6) is 0 Å². The van der Waals surface area contributed by atoms with Crippen LogP contribution in [-0.2, 0) is 14.9 Å². The molecule has 0 saturated heterocycles. The molecule has 3 N–H and O–H groups in total. The molecule has 0 radical (unpaired) electrons. The molecule has 0 aromatic carbocycles. The summed E-state index contributed by atoms with van der Waals surface area (Å²) >= 11 is 0. The highest BCUT2D eigenvalue weighted by atomic mass is 32.2. The fourth-order valence-electron chi connectivity index (χ4n) is 9.87. The molecule has 0 spiro atoms. The van der Waals surface area contributed by atoms with Crippen LogP contribution in [0, 0.1) is 46.3 Å². The van der Waals surface area contributed by atoms with Gasteiger partial charge in [0.05, 0.1) is 33.6 Å². The summed E-state index contributed by atoms with van der Waals surface area (Å²) in [6.07, 6.45) is 9.98. The number of nitrogens with one attached hydrogen (secondary N) is 1. The minimum Gasteiger partial charge on any atom is -0.748 e. The Morgan fingerprint density at radius 1 is 1.03 bits per heavy atom. The summed E-state index contributed by atoms with van der Waals surface area (Å²) in [5.41, 5.74) is -0.755. The molecule has 0 aromatic rings. The van der Waals surface area contributed by atoms with E-state index in [0.29, 0.717) is 55.3 Å². The maximum absolute atomic E-state index is 12.6. The molecule has 5 aliphatic rings. The maximum atomic E-state index is 12.6. The van der Waals surface area contributed by atoms with Crippen molar-refractivity contribution < 1.29 is 28.0 Å².